The van der Waals surface area contributed by atoms with Gasteiger partial charge in [0.1, 0.15) is 6.04 Å². The van der Waals surface area contributed by atoms with Gasteiger partial charge in [0.2, 0.25) is 5.91 Å². The summed E-state index contributed by atoms with van der Waals surface area (Å²) in [6, 6.07) is 8.47. The molecular formula is C14H20N2O3. The summed E-state index contributed by atoms with van der Waals surface area (Å²) in [5.74, 6) is -0.672. The van der Waals surface area contributed by atoms with Crippen molar-refractivity contribution in [2.24, 2.45) is 0 Å². The van der Waals surface area contributed by atoms with E-state index < -0.39 is 12.0 Å². The fourth-order valence-corrected chi connectivity index (χ4v) is 1.61. The summed E-state index contributed by atoms with van der Waals surface area (Å²) >= 11 is 0. The smallest absolute Gasteiger partial charge is 0.328 e. The van der Waals surface area contributed by atoms with Crippen LogP contribution in [0, 0.1) is 0 Å². The van der Waals surface area contributed by atoms with E-state index in [-0.39, 0.29) is 11.9 Å². The SMILES string of the molecule is CNC(C)C(=O)NC(Cc1ccccc1)C(=O)OC. The molecule has 2 N–H and O–H groups in total. The van der Waals surface area contributed by atoms with E-state index in [2.05, 4.69) is 10.6 Å². The number of rotatable bonds is 6. The molecule has 1 amide bonds. The quantitative estimate of drug-likeness (QED) is 0.734. The molecule has 19 heavy (non-hydrogen) atoms. The van der Waals surface area contributed by atoms with Gasteiger partial charge in [0.15, 0.2) is 0 Å². The lowest BCUT2D eigenvalue weighted by Gasteiger charge is -2.19. The minimum Gasteiger partial charge on any atom is -0.467 e. The second-order valence-corrected chi connectivity index (χ2v) is 4.28. The molecule has 1 aromatic carbocycles. The molecule has 0 aliphatic carbocycles. The van der Waals surface area contributed by atoms with Gasteiger partial charge in [0, 0.05) is 6.42 Å². The molecule has 5 nitrogen and oxygen atoms in total. The van der Waals surface area contributed by atoms with Crippen LogP contribution in [-0.2, 0) is 20.7 Å². The minimum absolute atomic E-state index is 0.228. The predicted molar refractivity (Wildman–Crippen MR) is 72.6 cm³/mol. The van der Waals surface area contributed by atoms with Crippen molar-refractivity contribution in [2.75, 3.05) is 14.2 Å². The molecule has 0 aromatic heterocycles. The molecule has 5 heteroatoms. The first-order chi connectivity index (χ1) is 9.08. The molecule has 1 rings (SSSR count). The van der Waals surface area contributed by atoms with Crippen LogP contribution in [0.1, 0.15) is 12.5 Å². The van der Waals surface area contributed by atoms with Crippen molar-refractivity contribution in [3.05, 3.63) is 35.9 Å². The third-order valence-corrected chi connectivity index (χ3v) is 2.91. The average molecular weight is 264 g/mol. The fraction of sp³-hybridized carbons (Fsp3) is 0.429. The molecule has 2 unspecified atom stereocenters. The Morgan fingerprint density at radius 2 is 1.89 bits per heavy atom. The monoisotopic (exact) mass is 264 g/mol. The number of likely N-dealkylation sites (N-methyl/N-ethyl adjacent to an activating group) is 1. The largest absolute Gasteiger partial charge is 0.467 e. The number of carbonyl (C=O) groups excluding carboxylic acids is 2. The predicted octanol–water partition coefficient (Wildman–Crippen LogP) is 0.495. The summed E-state index contributed by atoms with van der Waals surface area (Å²) in [6.45, 7) is 1.73. The summed E-state index contributed by atoms with van der Waals surface area (Å²) in [5.41, 5.74) is 0.968. The molecule has 0 bridgehead atoms. The number of amides is 1. The molecule has 104 valence electrons. The minimum atomic E-state index is -0.671. The van der Waals surface area contributed by atoms with E-state index in [1.807, 2.05) is 30.3 Å². The summed E-state index contributed by atoms with van der Waals surface area (Å²) in [5, 5.41) is 5.52. The number of nitrogens with one attached hydrogen (secondary N) is 2. The van der Waals surface area contributed by atoms with Gasteiger partial charge in [-0.15, -0.1) is 0 Å². The Hall–Kier alpha value is -1.88. The van der Waals surface area contributed by atoms with Gasteiger partial charge in [-0.25, -0.2) is 4.79 Å². The highest BCUT2D eigenvalue weighted by Gasteiger charge is 2.23. The molecule has 0 saturated carbocycles. The van der Waals surface area contributed by atoms with Crippen molar-refractivity contribution in [3.8, 4) is 0 Å². The van der Waals surface area contributed by atoms with Crippen molar-refractivity contribution in [1.82, 2.24) is 10.6 Å². The van der Waals surface area contributed by atoms with Crippen molar-refractivity contribution in [3.63, 3.8) is 0 Å². The van der Waals surface area contributed by atoms with Gasteiger partial charge in [0.25, 0.3) is 0 Å². The van der Waals surface area contributed by atoms with Gasteiger partial charge in [-0.2, -0.15) is 0 Å². The first-order valence-electron chi connectivity index (χ1n) is 6.18. The van der Waals surface area contributed by atoms with Crippen LogP contribution in [0.3, 0.4) is 0 Å². The van der Waals surface area contributed by atoms with E-state index in [0.717, 1.165) is 5.56 Å². The normalized spacial score (nSPS) is 13.4. The van der Waals surface area contributed by atoms with Crippen LogP contribution in [0.4, 0.5) is 0 Å². The van der Waals surface area contributed by atoms with Crippen LogP contribution in [0.2, 0.25) is 0 Å². The molecule has 0 heterocycles. The topological polar surface area (TPSA) is 67.4 Å². The summed E-state index contributed by atoms with van der Waals surface area (Å²) in [4.78, 5) is 23.5. The van der Waals surface area contributed by atoms with Gasteiger partial charge in [0.05, 0.1) is 13.2 Å². The van der Waals surface area contributed by atoms with E-state index in [1.165, 1.54) is 7.11 Å². The fourth-order valence-electron chi connectivity index (χ4n) is 1.61. The molecule has 0 aliphatic rings. The Labute approximate surface area is 113 Å². The van der Waals surface area contributed by atoms with Crippen LogP contribution in [0.15, 0.2) is 30.3 Å². The Balaban J connectivity index is 2.73. The zero-order valence-corrected chi connectivity index (χ0v) is 11.5. The second kappa shape index (κ2) is 7.53. The van der Waals surface area contributed by atoms with E-state index >= 15 is 0 Å². The van der Waals surface area contributed by atoms with Crippen molar-refractivity contribution >= 4 is 11.9 Å². The van der Waals surface area contributed by atoms with Crippen molar-refractivity contribution in [2.45, 2.75) is 25.4 Å². The van der Waals surface area contributed by atoms with Gasteiger partial charge in [-0.05, 0) is 19.5 Å². The van der Waals surface area contributed by atoms with Crippen LogP contribution in [-0.4, -0.2) is 38.1 Å². The maximum atomic E-state index is 11.8. The highest BCUT2D eigenvalue weighted by atomic mass is 16.5. The summed E-state index contributed by atoms with van der Waals surface area (Å²) < 4.78 is 4.72. The molecule has 0 fully saturated rings. The maximum Gasteiger partial charge on any atom is 0.328 e. The lowest BCUT2D eigenvalue weighted by Crippen LogP contribution is -2.49. The number of benzene rings is 1. The molecular weight excluding hydrogens is 244 g/mol. The standard InChI is InChI=1S/C14H20N2O3/c1-10(15-2)13(17)16-12(14(18)19-3)9-11-7-5-4-6-8-11/h4-8,10,12,15H,9H2,1-3H3,(H,16,17). The third kappa shape index (κ3) is 4.71. The molecule has 0 spiro atoms. The Bertz CT molecular complexity index is 420. The van der Waals surface area contributed by atoms with Crippen LogP contribution >= 0.6 is 0 Å². The van der Waals surface area contributed by atoms with E-state index in [1.54, 1.807) is 14.0 Å². The molecule has 1 aromatic rings. The lowest BCUT2D eigenvalue weighted by atomic mass is 10.1. The van der Waals surface area contributed by atoms with E-state index in [0.29, 0.717) is 6.42 Å². The van der Waals surface area contributed by atoms with Gasteiger partial charge >= 0.3 is 5.97 Å². The number of hydrogen-bond acceptors (Lipinski definition) is 4. The number of methoxy groups -OCH3 is 1. The summed E-state index contributed by atoms with van der Waals surface area (Å²) in [6.07, 6.45) is 0.412. The maximum absolute atomic E-state index is 11.8. The van der Waals surface area contributed by atoms with Crippen molar-refractivity contribution < 1.29 is 14.3 Å². The average Bonchev–Trinajstić information content (AvgIpc) is 2.45. The first kappa shape index (κ1) is 15.2. The Kier molecular flexibility index (Phi) is 6.02. The summed E-state index contributed by atoms with van der Waals surface area (Å²) in [7, 11) is 3.00. The number of hydrogen-bond donors (Lipinski definition) is 2. The Morgan fingerprint density at radius 1 is 1.26 bits per heavy atom. The van der Waals surface area contributed by atoms with Gasteiger partial charge < -0.3 is 15.4 Å². The van der Waals surface area contributed by atoms with Crippen LogP contribution in [0.5, 0.6) is 0 Å². The molecule has 2 atom stereocenters. The zero-order valence-electron chi connectivity index (χ0n) is 11.5. The van der Waals surface area contributed by atoms with E-state index in [9.17, 15) is 9.59 Å². The van der Waals surface area contributed by atoms with E-state index in [4.69, 9.17) is 4.74 Å². The molecule has 0 saturated heterocycles. The molecule has 0 aliphatic heterocycles. The lowest BCUT2D eigenvalue weighted by molar-refractivity contribution is -0.145. The third-order valence-electron chi connectivity index (χ3n) is 2.91. The van der Waals surface area contributed by atoms with Crippen molar-refractivity contribution in [1.29, 1.82) is 0 Å². The second-order valence-electron chi connectivity index (χ2n) is 4.28. The zero-order chi connectivity index (χ0) is 14.3. The van der Waals surface area contributed by atoms with Crippen LogP contribution in [0.25, 0.3) is 0 Å². The van der Waals surface area contributed by atoms with Gasteiger partial charge in [-0.1, -0.05) is 30.3 Å². The highest BCUT2D eigenvalue weighted by Crippen LogP contribution is 2.04. The highest BCUT2D eigenvalue weighted by molar-refractivity contribution is 5.87. The number of ether oxygens (including phenoxy) is 1. The van der Waals surface area contributed by atoms with Crippen LogP contribution < -0.4 is 10.6 Å². The molecule has 0 radical (unpaired) electrons. The van der Waals surface area contributed by atoms with Gasteiger partial charge in [-0.3, -0.25) is 4.79 Å². The first-order valence-corrected chi connectivity index (χ1v) is 6.18. The number of carbonyl (C=O) groups is 2. The number of esters is 1. The Morgan fingerprint density at radius 3 is 2.42 bits per heavy atom.